The number of carbonyl (C=O) groups excluding carboxylic acids is 1. The number of aliphatic hydroxyl groups is 1. The maximum absolute atomic E-state index is 12.6. The van der Waals surface area contributed by atoms with Crippen molar-refractivity contribution in [2.75, 3.05) is 25.5 Å². The first kappa shape index (κ1) is 20.3. The molecule has 3 aromatic rings. The highest BCUT2D eigenvalue weighted by atomic mass is 35.5. The van der Waals surface area contributed by atoms with Gasteiger partial charge in [0.25, 0.3) is 5.91 Å². The number of halogens is 1. The summed E-state index contributed by atoms with van der Waals surface area (Å²) in [5.41, 5.74) is 1.80. The van der Waals surface area contributed by atoms with Gasteiger partial charge in [0.05, 0.1) is 15.4 Å². The highest BCUT2D eigenvalue weighted by Gasteiger charge is 2.15. The first-order valence-corrected chi connectivity index (χ1v) is 10.1. The van der Waals surface area contributed by atoms with E-state index in [1.165, 1.54) is 11.3 Å². The van der Waals surface area contributed by atoms with Crippen molar-refractivity contribution in [2.45, 2.75) is 12.3 Å². The molecule has 0 fully saturated rings. The lowest BCUT2D eigenvalue weighted by Crippen LogP contribution is -2.28. The zero-order valence-corrected chi connectivity index (χ0v) is 16.9. The minimum atomic E-state index is -0.143. The van der Waals surface area contributed by atoms with Gasteiger partial charge in [-0.2, -0.15) is 0 Å². The molecule has 0 spiro atoms. The number of aromatic nitrogens is 2. The number of nitrogens with zero attached hydrogens (tertiary/aromatic N) is 2. The van der Waals surface area contributed by atoms with Crippen LogP contribution in [-0.2, 0) is 0 Å². The van der Waals surface area contributed by atoms with E-state index in [-0.39, 0.29) is 18.4 Å². The highest BCUT2D eigenvalue weighted by Crippen LogP contribution is 2.27. The third-order valence-electron chi connectivity index (χ3n) is 4.29. The van der Waals surface area contributed by atoms with E-state index >= 15 is 0 Å². The van der Waals surface area contributed by atoms with Gasteiger partial charge in [-0.3, -0.25) is 4.79 Å². The average molecular weight is 417 g/mol. The minimum absolute atomic E-state index is 0.0192. The maximum atomic E-state index is 12.6. The molecule has 6 nitrogen and oxygen atoms in total. The molecule has 0 aliphatic carbocycles. The molecular weight excluding hydrogens is 396 g/mol. The molecule has 3 N–H and O–H groups in total. The number of anilines is 1. The first-order chi connectivity index (χ1) is 13.6. The van der Waals surface area contributed by atoms with Crippen molar-refractivity contribution < 1.29 is 9.90 Å². The van der Waals surface area contributed by atoms with Crippen LogP contribution in [0.5, 0.6) is 0 Å². The van der Waals surface area contributed by atoms with Crippen LogP contribution in [0.2, 0.25) is 5.02 Å². The number of hydrogen-bond donors (Lipinski definition) is 3. The second kappa shape index (κ2) is 9.64. The van der Waals surface area contributed by atoms with E-state index in [0.717, 1.165) is 16.1 Å². The lowest BCUT2D eigenvalue weighted by atomic mass is 9.96. The quantitative estimate of drug-likeness (QED) is 0.520. The fourth-order valence-electron chi connectivity index (χ4n) is 2.79. The lowest BCUT2D eigenvalue weighted by molar-refractivity contribution is 0.0953. The zero-order valence-electron chi connectivity index (χ0n) is 15.4. The molecule has 0 bridgehead atoms. The Kier molecular flexibility index (Phi) is 6.97. The van der Waals surface area contributed by atoms with Gasteiger partial charge in [0.15, 0.2) is 0 Å². The molecule has 0 aliphatic heterocycles. The second-order valence-corrected chi connectivity index (χ2v) is 7.67. The van der Waals surface area contributed by atoms with E-state index in [0.29, 0.717) is 28.8 Å². The number of benzene rings is 1. The number of aliphatic hydroxyl groups excluding tert-OH is 1. The summed E-state index contributed by atoms with van der Waals surface area (Å²) in [6.07, 6.45) is 2.24. The summed E-state index contributed by atoms with van der Waals surface area (Å²) in [7, 11) is 1.76. The van der Waals surface area contributed by atoms with E-state index in [4.69, 9.17) is 11.6 Å². The van der Waals surface area contributed by atoms with Gasteiger partial charge in [-0.05, 0) is 42.3 Å². The number of nitrogens with one attached hydrogen (secondary N) is 2. The lowest BCUT2D eigenvalue weighted by Gasteiger charge is -2.17. The smallest absolute Gasteiger partial charge is 0.261 e. The summed E-state index contributed by atoms with van der Waals surface area (Å²) in [6.45, 7) is 0.486. The first-order valence-electron chi connectivity index (χ1n) is 8.86. The molecular formula is C20H21ClN4O2S. The molecule has 3 rings (SSSR count). The normalized spacial score (nSPS) is 11.8. The molecule has 0 aliphatic rings. The molecule has 2 aromatic heterocycles. The van der Waals surface area contributed by atoms with E-state index < -0.39 is 0 Å². The molecule has 0 saturated heterocycles. The SMILES string of the molecule is CNc1nccc(-c2ccc(C(=O)NCC(CCO)c3ccc(Cl)cc3)s2)n1. The van der Waals surface area contributed by atoms with Crippen LogP contribution in [0.1, 0.15) is 27.6 Å². The monoisotopic (exact) mass is 416 g/mol. The molecule has 1 atom stereocenters. The average Bonchev–Trinajstić information content (AvgIpc) is 3.22. The van der Waals surface area contributed by atoms with E-state index in [1.807, 2.05) is 36.4 Å². The van der Waals surface area contributed by atoms with Crippen LogP contribution in [0.3, 0.4) is 0 Å². The number of hydrogen-bond acceptors (Lipinski definition) is 6. The number of rotatable bonds is 8. The Bertz CT molecular complexity index is 930. The Labute approximate surface area is 172 Å². The Morgan fingerprint density at radius 1 is 1.21 bits per heavy atom. The summed E-state index contributed by atoms with van der Waals surface area (Å²) >= 11 is 7.32. The van der Waals surface area contributed by atoms with E-state index in [9.17, 15) is 9.90 Å². The molecule has 1 unspecified atom stereocenters. The van der Waals surface area contributed by atoms with Gasteiger partial charge in [-0.25, -0.2) is 9.97 Å². The topological polar surface area (TPSA) is 87.1 Å². The summed E-state index contributed by atoms with van der Waals surface area (Å²) < 4.78 is 0. The van der Waals surface area contributed by atoms with Crippen LogP contribution in [-0.4, -0.2) is 41.2 Å². The van der Waals surface area contributed by atoms with Crippen molar-refractivity contribution >= 4 is 34.8 Å². The van der Waals surface area contributed by atoms with Gasteiger partial charge in [0.2, 0.25) is 5.95 Å². The molecule has 0 saturated carbocycles. The van der Waals surface area contributed by atoms with Crippen molar-refractivity contribution in [3.63, 3.8) is 0 Å². The van der Waals surface area contributed by atoms with E-state index in [1.54, 1.807) is 19.3 Å². The van der Waals surface area contributed by atoms with Gasteiger partial charge in [0, 0.05) is 37.3 Å². The third-order valence-corrected chi connectivity index (χ3v) is 5.65. The number of thiophene rings is 1. The maximum Gasteiger partial charge on any atom is 0.261 e. The Balaban J connectivity index is 1.67. The predicted octanol–water partition coefficient (Wildman–Crippen LogP) is 3.80. The predicted molar refractivity (Wildman–Crippen MR) is 113 cm³/mol. The standard InChI is InChI=1S/C20H21ClN4O2S/c1-22-20-23-10-8-16(25-20)17-6-7-18(28-17)19(27)24-12-14(9-11-26)13-2-4-15(21)5-3-13/h2-8,10,14,26H,9,11-12H2,1H3,(H,24,27)(H,22,23,25). The van der Waals surface area contributed by atoms with Gasteiger partial charge in [0.1, 0.15) is 0 Å². The highest BCUT2D eigenvalue weighted by molar-refractivity contribution is 7.17. The van der Waals surface area contributed by atoms with Crippen molar-refractivity contribution in [2.24, 2.45) is 0 Å². The molecule has 1 amide bonds. The van der Waals surface area contributed by atoms with E-state index in [2.05, 4.69) is 20.6 Å². The molecule has 28 heavy (non-hydrogen) atoms. The van der Waals surface area contributed by atoms with Gasteiger partial charge >= 0.3 is 0 Å². The van der Waals surface area contributed by atoms with Gasteiger partial charge < -0.3 is 15.7 Å². The van der Waals surface area contributed by atoms with Crippen LogP contribution in [0.15, 0.2) is 48.7 Å². The van der Waals surface area contributed by atoms with Crippen molar-refractivity contribution in [3.8, 4) is 10.6 Å². The summed E-state index contributed by atoms with van der Waals surface area (Å²) in [6, 6.07) is 13.0. The number of carbonyl (C=O) groups is 1. The third kappa shape index (κ3) is 5.07. The largest absolute Gasteiger partial charge is 0.396 e. The summed E-state index contributed by atoms with van der Waals surface area (Å²) in [5.74, 6) is 0.411. The fourth-order valence-corrected chi connectivity index (χ4v) is 3.81. The zero-order chi connectivity index (χ0) is 19.9. The summed E-state index contributed by atoms with van der Waals surface area (Å²) in [5, 5.41) is 15.9. The molecule has 1 aromatic carbocycles. The van der Waals surface area contributed by atoms with Gasteiger partial charge in [-0.15, -0.1) is 11.3 Å². The second-order valence-electron chi connectivity index (χ2n) is 6.15. The molecule has 8 heteroatoms. The number of amides is 1. The van der Waals surface area contributed by atoms with Crippen LogP contribution >= 0.6 is 22.9 Å². The van der Waals surface area contributed by atoms with Crippen LogP contribution in [0.4, 0.5) is 5.95 Å². The van der Waals surface area contributed by atoms with Crippen molar-refractivity contribution in [1.29, 1.82) is 0 Å². The van der Waals surface area contributed by atoms with Gasteiger partial charge in [-0.1, -0.05) is 23.7 Å². The minimum Gasteiger partial charge on any atom is -0.396 e. The van der Waals surface area contributed by atoms with Crippen LogP contribution < -0.4 is 10.6 Å². The van der Waals surface area contributed by atoms with Crippen molar-refractivity contribution in [1.82, 2.24) is 15.3 Å². The van der Waals surface area contributed by atoms with Crippen LogP contribution in [0, 0.1) is 0 Å². The van der Waals surface area contributed by atoms with Crippen LogP contribution in [0.25, 0.3) is 10.6 Å². The Hall–Kier alpha value is -2.48. The summed E-state index contributed by atoms with van der Waals surface area (Å²) in [4.78, 5) is 22.6. The molecule has 146 valence electrons. The molecule has 0 radical (unpaired) electrons. The Morgan fingerprint density at radius 3 is 2.71 bits per heavy atom. The van der Waals surface area contributed by atoms with Crippen molar-refractivity contribution in [3.05, 3.63) is 64.1 Å². The molecule has 2 heterocycles. The Morgan fingerprint density at radius 2 is 2.00 bits per heavy atom. The fraction of sp³-hybridized carbons (Fsp3) is 0.250.